The van der Waals surface area contributed by atoms with Crippen LogP contribution in [0.15, 0.2) is 59.0 Å². The maximum atomic E-state index is 13.4. The number of alkyl halides is 3. The summed E-state index contributed by atoms with van der Waals surface area (Å²) in [6.45, 7) is 1.60. The summed E-state index contributed by atoms with van der Waals surface area (Å²) in [6, 6.07) is 6.08. The fourth-order valence-corrected chi connectivity index (χ4v) is 6.80. The van der Waals surface area contributed by atoms with Gasteiger partial charge in [0.15, 0.2) is 5.75 Å². The third-order valence-electron chi connectivity index (χ3n) is 7.25. The fraction of sp³-hybridized carbons (Fsp3) is 0.500. The standard InChI is InChI=1S/C24H27F4N3O3S/c1-15-20-11-29-31(19-6-4-18(25)5-7-19)21(20)10-16-2-3-17(22(15)16)12-30(13-23(32)8-9-23)35(33,34)14-24(26,27)28/h4-7,10-11,15,17,29,32H,2-3,8-9,12-14H2,1H3/t15-,17+/m0/s1. The van der Waals surface area contributed by atoms with Crippen molar-refractivity contribution in [3.8, 4) is 0 Å². The summed E-state index contributed by atoms with van der Waals surface area (Å²) in [5.41, 5.74) is 6.67. The van der Waals surface area contributed by atoms with Crippen molar-refractivity contribution < 1.29 is 31.1 Å². The number of hydrogen-bond donors (Lipinski definition) is 2. The number of sulfonamides is 1. The minimum Gasteiger partial charge on any atom is -0.389 e. The molecule has 0 spiro atoms. The zero-order valence-corrected chi connectivity index (χ0v) is 20.0. The van der Waals surface area contributed by atoms with Crippen LogP contribution in [0.4, 0.5) is 23.2 Å². The molecule has 4 aliphatic rings. The molecule has 3 aliphatic carbocycles. The van der Waals surface area contributed by atoms with Crippen molar-refractivity contribution >= 4 is 15.7 Å². The Kier molecular flexibility index (Phi) is 5.80. The van der Waals surface area contributed by atoms with E-state index < -0.39 is 27.6 Å². The Morgan fingerprint density at radius 2 is 1.91 bits per heavy atom. The Bertz CT molecular complexity index is 1220. The van der Waals surface area contributed by atoms with Gasteiger partial charge in [0.2, 0.25) is 10.0 Å². The summed E-state index contributed by atoms with van der Waals surface area (Å²) < 4.78 is 78.7. The number of nitrogens with one attached hydrogen (secondary N) is 1. The summed E-state index contributed by atoms with van der Waals surface area (Å²) >= 11 is 0. The van der Waals surface area contributed by atoms with Crippen LogP contribution in [0.2, 0.25) is 0 Å². The van der Waals surface area contributed by atoms with Gasteiger partial charge in [-0.1, -0.05) is 12.5 Å². The molecule has 1 heterocycles. The van der Waals surface area contributed by atoms with Crippen LogP contribution in [0.5, 0.6) is 0 Å². The third kappa shape index (κ3) is 4.85. The average molecular weight is 514 g/mol. The normalized spacial score (nSPS) is 25.3. The van der Waals surface area contributed by atoms with Gasteiger partial charge in [-0.25, -0.2) is 12.8 Å². The van der Waals surface area contributed by atoms with Crippen molar-refractivity contribution in [1.29, 1.82) is 0 Å². The van der Waals surface area contributed by atoms with E-state index in [1.165, 1.54) is 12.1 Å². The molecule has 1 fully saturated rings. The number of aliphatic hydroxyl groups is 1. The molecule has 5 rings (SSSR count). The molecule has 1 aromatic rings. The van der Waals surface area contributed by atoms with Gasteiger partial charge in [0.05, 0.1) is 17.0 Å². The number of hydrazine groups is 1. The first kappa shape index (κ1) is 24.3. The van der Waals surface area contributed by atoms with Crippen molar-refractivity contribution in [2.45, 2.75) is 44.4 Å². The van der Waals surface area contributed by atoms with Crippen LogP contribution in [-0.2, 0) is 10.0 Å². The van der Waals surface area contributed by atoms with Gasteiger partial charge in [0.1, 0.15) is 5.82 Å². The van der Waals surface area contributed by atoms with Crippen LogP contribution in [0.25, 0.3) is 0 Å². The number of fused-ring (bicyclic) bond motifs is 1. The molecular weight excluding hydrogens is 486 g/mol. The molecule has 1 saturated carbocycles. The molecule has 0 saturated heterocycles. The first-order valence-electron chi connectivity index (χ1n) is 11.6. The van der Waals surface area contributed by atoms with Crippen LogP contribution in [0, 0.1) is 17.7 Å². The molecule has 6 nitrogen and oxygen atoms in total. The number of hydrogen-bond acceptors (Lipinski definition) is 5. The molecule has 190 valence electrons. The molecule has 0 unspecified atom stereocenters. The SMILES string of the molecule is C[C@H]1C2=CNN(c3ccc(F)cc3)C2=CC2=C1[C@@H](CN(CC1(O)CC1)S(=O)(=O)CC(F)(F)F)CC2. The molecule has 11 heteroatoms. The van der Waals surface area contributed by atoms with Crippen molar-refractivity contribution in [2.75, 3.05) is 23.9 Å². The molecule has 0 aromatic heterocycles. The number of benzene rings is 1. The van der Waals surface area contributed by atoms with E-state index in [4.69, 9.17) is 0 Å². The molecule has 0 radical (unpaired) electrons. The predicted octanol–water partition coefficient (Wildman–Crippen LogP) is 3.99. The molecule has 2 N–H and O–H groups in total. The molecule has 1 aromatic carbocycles. The van der Waals surface area contributed by atoms with Crippen molar-refractivity contribution in [1.82, 2.24) is 9.73 Å². The predicted molar refractivity (Wildman–Crippen MR) is 123 cm³/mol. The Morgan fingerprint density at radius 3 is 2.54 bits per heavy atom. The Morgan fingerprint density at radius 1 is 1.23 bits per heavy atom. The highest BCUT2D eigenvalue weighted by atomic mass is 32.2. The highest BCUT2D eigenvalue weighted by molar-refractivity contribution is 7.89. The molecule has 0 bridgehead atoms. The molecule has 0 amide bonds. The summed E-state index contributed by atoms with van der Waals surface area (Å²) in [5.74, 6) is -2.59. The minimum absolute atomic E-state index is 0.0772. The van der Waals surface area contributed by atoms with Crippen LogP contribution in [0.1, 0.15) is 32.6 Å². The van der Waals surface area contributed by atoms with Crippen molar-refractivity contribution in [2.24, 2.45) is 11.8 Å². The second kappa shape index (κ2) is 8.35. The lowest BCUT2D eigenvalue weighted by Crippen LogP contribution is -2.45. The highest BCUT2D eigenvalue weighted by Gasteiger charge is 2.48. The number of anilines is 1. The second-order valence-corrected chi connectivity index (χ2v) is 11.9. The maximum absolute atomic E-state index is 13.4. The molecule has 35 heavy (non-hydrogen) atoms. The number of halogens is 4. The van der Waals surface area contributed by atoms with E-state index in [2.05, 4.69) is 5.43 Å². The molecule has 2 atom stereocenters. The minimum atomic E-state index is -4.86. The highest BCUT2D eigenvalue weighted by Crippen LogP contribution is 2.48. The Hall–Kier alpha value is -2.37. The van der Waals surface area contributed by atoms with Gasteiger partial charge in [-0.05, 0) is 67.5 Å². The Labute approximate surface area is 201 Å². The zero-order chi connectivity index (χ0) is 25.2. The molecule has 1 aliphatic heterocycles. The first-order valence-corrected chi connectivity index (χ1v) is 13.2. The summed E-state index contributed by atoms with van der Waals surface area (Å²) in [7, 11) is -4.64. The van der Waals surface area contributed by atoms with E-state index in [0.717, 1.165) is 32.4 Å². The molecular formula is C24H27F4N3O3S. The van der Waals surface area contributed by atoms with Gasteiger partial charge >= 0.3 is 6.18 Å². The summed E-state index contributed by atoms with van der Waals surface area (Å²) in [5, 5.41) is 12.2. The summed E-state index contributed by atoms with van der Waals surface area (Å²) in [6.07, 6.45) is 1.07. The van der Waals surface area contributed by atoms with Crippen LogP contribution in [-0.4, -0.2) is 48.4 Å². The lowest BCUT2D eigenvalue weighted by atomic mass is 9.80. The lowest BCUT2D eigenvalue weighted by molar-refractivity contribution is -0.107. The second-order valence-electron chi connectivity index (χ2n) is 9.90. The van der Waals surface area contributed by atoms with E-state index in [0.29, 0.717) is 25.7 Å². The van der Waals surface area contributed by atoms with E-state index >= 15 is 0 Å². The topological polar surface area (TPSA) is 72.9 Å². The van der Waals surface area contributed by atoms with Gasteiger partial charge in [0, 0.05) is 30.8 Å². The van der Waals surface area contributed by atoms with E-state index in [9.17, 15) is 31.1 Å². The monoisotopic (exact) mass is 513 g/mol. The number of nitrogens with zero attached hydrogens (tertiary/aromatic N) is 2. The summed E-state index contributed by atoms with van der Waals surface area (Å²) in [4.78, 5) is 0. The van der Waals surface area contributed by atoms with Gasteiger partial charge in [-0.3, -0.25) is 5.01 Å². The van der Waals surface area contributed by atoms with E-state index in [1.54, 1.807) is 12.1 Å². The number of allylic oxidation sites excluding steroid dienone is 3. The van der Waals surface area contributed by atoms with Crippen molar-refractivity contribution in [3.05, 3.63) is 64.8 Å². The maximum Gasteiger partial charge on any atom is 0.404 e. The zero-order valence-electron chi connectivity index (χ0n) is 19.1. The van der Waals surface area contributed by atoms with Gasteiger partial charge in [-0.2, -0.15) is 17.5 Å². The largest absolute Gasteiger partial charge is 0.404 e. The average Bonchev–Trinajstić information content (AvgIpc) is 3.15. The van der Waals surface area contributed by atoms with E-state index in [-0.39, 0.29) is 30.7 Å². The quantitative estimate of drug-likeness (QED) is 0.540. The van der Waals surface area contributed by atoms with Crippen LogP contribution in [0.3, 0.4) is 0 Å². The van der Waals surface area contributed by atoms with Crippen molar-refractivity contribution in [3.63, 3.8) is 0 Å². The fourth-order valence-electron chi connectivity index (χ4n) is 5.36. The van der Waals surface area contributed by atoms with Crippen LogP contribution >= 0.6 is 0 Å². The number of rotatable bonds is 7. The van der Waals surface area contributed by atoms with Gasteiger partial charge in [-0.15, -0.1) is 0 Å². The van der Waals surface area contributed by atoms with Gasteiger partial charge < -0.3 is 10.5 Å². The first-order chi connectivity index (χ1) is 16.4. The Balaban J connectivity index is 1.42. The van der Waals surface area contributed by atoms with E-state index in [1.807, 2.05) is 24.2 Å². The third-order valence-corrected chi connectivity index (χ3v) is 9.01. The van der Waals surface area contributed by atoms with Gasteiger partial charge in [0.25, 0.3) is 0 Å². The lowest BCUT2D eigenvalue weighted by Gasteiger charge is -2.32. The van der Waals surface area contributed by atoms with Crippen LogP contribution < -0.4 is 10.4 Å². The smallest absolute Gasteiger partial charge is 0.389 e.